The molecule has 0 spiro atoms. The molecule has 0 radical (unpaired) electrons. The molecule has 2 aliphatic heterocycles. The van der Waals surface area contributed by atoms with Gasteiger partial charge in [0.25, 0.3) is 0 Å². The van der Waals surface area contributed by atoms with Gasteiger partial charge in [0.2, 0.25) is 0 Å². The first-order valence-electron chi connectivity index (χ1n) is 4.39. The van der Waals surface area contributed by atoms with Gasteiger partial charge in [-0.2, -0.15) is 0 Å². The van der Waals surface area contributed by atoms with E-state index in [1.54, 1.807) is 10.2 Å². The standard InChI is InChI=1S/C6H14N6/c1-3-7-11(5-1)9-10-12-6-2-4-8-12/h7-8H,1-6H2. The van der Waals surface area contributed by atoms with Gasteiger partial charge in [0.05, 0.1) is 13.1 Å². The predicted molar refractivity (Wildman–Crippen MR) is 43.5 cm³/mol. The summed E-state index contributed by atoms with van der Waals surface area (Å²) in [5.41, 5.74) is 6.20. The van der Waals surface area contributed by atoms with Crippen molar-refractivity contribution < 1.29 is 0 Å². The average molecular weight is 170 g/mol. The number of hydrazine groups is 2. The van der Waals surface area contributed by atoms with Crippen molar-refractivity contribution in [1.29, 1.82) is 0 Å². The molecular formula is C6H14N6. The van der Waals surface area contributed by atoms with Gasteiger partial charge in [-0.15, -0.1) is 0 Å². The van der Waals surface area contributed by atoms with Gasteiger partial charge in [0.1, 0.15) is 0 Å². The minimum atomic E-state index is 0.956. The normalized spacial score (nSPS) is 24.7. The van der Waals surface area contributed by atoms with Crippen molar-refractivity contribution in [3.05, 3.63) is 0 Å². The number of hydrogen-bond acceptors (Lipinski definition) is 4. The topological polar surface area (TPSA) is 55.3 Å². The van der Waals surface area contributed by atoms with Crippen LogP contribution in [0.4, 0.5) is 0 Å². The van der Waals surface area contributed by atoms with E-state index in [2.05, 4.69) is 21.3 Å². The van der Waals surface area contributed by atoms with Crippen LogP contribution in [0.15, 0.2) is 10.4 Å². The van der Waals surface area contributed by atoms with Gasteiger partial charge in [0, 0.05) is 13.1 Å². The third kappa shape index (κ3) is 1.83. The molecule has 2 heterocycles. The average Bonchev–Trinajstić information content (AvgIpc) is 2.74. The Balaban J connectivity index is 1.75. The highest BCUT2D eigenvalue weighted by Crippen LogP contribution is 2.00. The zero-order valence-corrected chi connectivity index (χ0v) is 7.03. The Bertz CT molecular complexity index is 139. The summed E-state index contributed by atoms with van der Waals surface area (Å²) in [6, 6.07) is 0. The van der Waals surface area contributed by atoms with Crippen LogP contribution in [0.3, 0.4) is 0 Å². The quantitative estimate of drug-likeness (QED) is 0.558. The van der Waals surface area contributed by atoms with Crippen LogP contribution in [0.2, 0.25) is 0 Å². The van der Waals surface area contributed by atoms with E-state index >= 15 is 0 Å². The van der Waals surface area contributed by atoms with Crippen LogP contribution in [-0.4, -0.2) is 36.4 Å². The molecule has 2 saturated heterocycles. The minimum Gasteiger partial charge on any atom is -0.216 e. The van der Waals surface area contributed by atoms with Gasteiger partial charge in [-0.1, -0.05) is 0 Å². The molecule has 0 bridgehead atoms. The molecule has 6 nitrogen and oxygen atoms in total. The summed E-state index contributed by atoms with van der Waals surface area (Å²) < 4.78 is 0. The highest BCUT2D eigenvalue weighted by Gasteiger charge is 2.10. The third-order valence-corrected chi connectivity index (χ3v) is 1.94. The molecule has 0 aliphatic carbocycles. The van der Waals surface area contributed by atoms with Crippen molar-refractivity contribution >= 4 is 0 Å². The molecule has 0 atom stereocenters. The number of nitrogens with zero attached hydrogens (tertiary/aromatic N) is 4. The van der Waals surface area contributed by atoms with Crippen molar-refractivity contribution in [2.24, 2.45) is 10.4 Å². The van der Waals surface area contributed by atoms with E-state index in [0.29, 0.717) is 0 Å². The maximum atomic E-state index is 4.02. The van der Waals surface area contributed by atoms with Crippen LogP contribution in [0.25, 0.3) is 0 Å². The zero-order chi connectivity index (χ0) is 8.23. The second-order valence-corrected chi connectivity index (χ2v) is 2.95. The van der Waals surface area contributed by atoms with E-state index in [1.165, 1.54) is 0 Å². The lowest BCUT2D eigenvalue weighted by Crippen LogP contribution is -2.28. The van der Waals surface area contributed by atoms with Gasteiger partial charge in [-0.25, -0.2) is 21.1 Å². The Labute approximate surface area is 71.5 Å². The van der Waals surface area contributed by atoms with Gasteiger partial charge in [-0.05, 0) is 23.3 Å². The van der Waals surface area contributed by atoms with Crippen molar-refractivity contribution in [1.82, 2.24) is 21.1 Å². The van der Waals surface area contributed by atoms with E-state index < -0.39 is 0 Å². The number of nitrogens with one attached hydrogen (secondary N) is 2. The monoisotopic (exact) mass is 170 g/mol. The van der Waals surface area contributed by atoms with Gasteiger partial charge in [-0.3, -0.25) is 0 Å². The second-order valence-electron chi connectivity index (χ2n) is 2.95. The Hall–Kier alpha value is -0.880. The smallest absolute Gasteiger partial charge is 0.0563 e. The summed E-state index contributed by atoms with van der Waals surface area (Å²) in [5, 5.41) is 11.6. The fourth-order valence-electron chi connectivity index (χ4n) is 1.28. The van der Waals surface area contributed by atoms with Gasteiger partial charge in [0.15, 0.2) is 0 Å². The van der Waals surface area contributed by atoms with Crippen LogP contribution < -0.4 is 10.9 Å². The largest absolute Gasteiger partial charge is 0.216 e. The number of rotatable bonds is 2. The Morgan fingerprint density at radius 3 is 1.67 bits per heavy atom. The second kappa shape index (κ2) is 3.68. The molecule has 0 amide bonds. The highest BCUT2D eigenvalue weighted by atomic mass is 15.8. The molecule has 0 unspecified atom stereocenters. The van der Waals surface area contributed by atoms with E-state index in [0.717, 1.165) is 39.0 Å². The Morgan fingerprint density at radius 2 is 1.33 bits per heavy atom. The molecule has 2 aliphatic rings. The number of hydrogen-bond donors (Lipinski definition) is 2. The van der Waals surface area contributed by atoms with Crippen molar-refractivity contribution in [2.75, 3.05) is 26.2 Å². The van der Waals surface area contributed by atoms with Crippen molar-refractivity contribution in [3.8, 4) is 0 Å². The summed E-state index contributed by atoms with van der Waals surface area (Å²) in [6.45, 7) is 3.92. The Morgan fingerprint density at radius 1 is 0.833 bits per heavy atom. The van der Waals surface area contributed by atoms with E-state index in [-0.39, 0.29) is 0 Å². The van der Waals surface area contributed by atoms with Crippen molar-refractivity contribution in [3.63, 3.8) is 0 Å². The SMILES string of the molecule is C1CNN(N=NN2CCCN2)C1. The lowest BCUT2D eigenvalue weighted by atomic mass is 10.5. The molecule has 0 aromatic rings. The summed E-state index contributed by atoms with van der Waals surface area (Å²) in [5.74, 6) is 0. The van der Waals surface area contributed by atoms with Crippen LogP contribution >= 0.6 is 0 Å². The molecule has 2 fully saturated rings. The molecule has 0 saturated carbocycles. The van der Waals surface area contributed by atoms with Crippen LogP contribution in [0.1, 0.15) is 12.8 Å². The Kier molecular flexibility index (Phi) is 2.38. The summed E-state index contributed by atoms with van der Waals surface area (Å²) in [7, 11) is 0. The fraction of sp³-hybridized carbons (Fsp3) is 1.00. The molecule has 12 heavy (non-hydrogen) atoms. The van der Waals surface area contributed by atoms with E-state index in [9.17, 15) is 0 Å². The summed E-state index contributed by atoms with van der Waals surface area (Å²) in [6.07, 6.45) is 2.29. The van der Waals surface area contributed by atoms with Gasteiger partial charge >= 0.3 is 0 Å². The van der Waals surface area contributed by atoms with Crippen LogP contribution in [0, 0.1) is 0 Å². The maximum Gasteiger partial charge on any atom is 0.0563 e. The molecule has 6 heteroatoms. The molecule has 0 aromatic carbocycles. The molecule has 2 N–H and O–H groups in total. The first kappa shape index (κ1) is 7.75. The maximum absolute atomic E-state index is 4.02. The van der Waals surface area contributed by atoms with Crippen LogP contribution in [-0.2, 0) is 0 Å². The molecule has 68 valence electrons. The fourth-order valence-corrected chi connectivity index (χ4v) is 1.28. The summed E-state index contributed by atoms with van der Waals surface area (Å²) >= 11 is 0. The minimum absolute atomic E-state index is 0.956. The van der Waals surface area contributed by atoms with Crippen LogP contribution in [0.5, 0.6) is 0 Å². The molecule has 2 rings (SSSR count). The van der Waals surface area contributed by atoms with Crippen molar-refractivity contribution in [2.45, 2.75) is 12.8 Å². The third-order valence-electron chi connectivity index (χ3n) is 1.94. The lowest BCUT2D eigenvalue weighted by Gasteiger charge is -2.11. The summed E-state index contributed by atoms with van der Waals surface area (Å²) in [4.78, 5) is 0. The first-order valence-corrected chi connectivity index (χ1v) is 4.39. The van der Waals surface area contributed by atoms with E-state index in [4.69, 9.17) is 0 Å². The lowest BCUT2D eigenvalue weighted by molar-refractivity contribution is 0.173. The highest BCUT2D eigenvalue weighted by molar-refractivity contribution is 4.57. The molecular weight excluding hydrogens is 156 g/mol. The van der Waals surface area contributed by atoms with Gasteiger partial charge < -0.3 is 0 Å². The van der Waals surface area contributed by atoms with E-state index in [1.807, 2.05) is 0 Å². The first-order chi connectivity index (χ1) is 5.95. The molecule has 0 aromatic heterocycles. The zero-order valence-electron chi connectivity index (χ0n) is 7.03. The predicted octanol–water partition coefficient (Wildman–Crippen LogP) is -0.311.